The van der Waals surface area contributed by atoms with E-state index in [9.17, 15) is 0 Å². The Labute approximate surface area is 130 Å². The van der Waals surface area contributed by atoms with E-state index in [4.69, 9.17) is 9.97 Å². The van der Waals surface area contributed by atoms with Crippen LogP contribution >= 0.6 is 0 Å². The standard InChI is InChI=1S/C18H31N3/c1-6-11-19-12-16-13(2)20-17(21-14(16)3)15-7-9-18(4,5)10-8-15/h15,19H,6-12H2,1-5H3. The fraction of sp³-hybridized carbons (Fsp3) is 0.778. The maximum Gasteiger partial charge on any atom is 0.131 e. The third-order valence-electron chi connectivity index (χ3n) is 4.87. The van der Waals surface area contributed by atoms with Crippen LogP contribution in [0.2, 0.25) is 0 Å². The number of hydrogen-bond acceptors (Lipinski definition) is 3. The van der Waals surface area contributed by atoms with Gasteiger partial charge in [0.15, 0.2) is 0 Å². The van der Waals surface area contributed by atoms with Crippen LogP contribution in [0.1, 0.15) is 81.6 Å². The number of aryl methyl sites for hydroxylation is 2. The van der Waals surface area contributed by atoms with Gasteiger partial charge in [0.2, 0.25) is 0 Å². The highest BCUT2D eigenvalue weighted by molar-refractivity contribution is 5.25. The molecule has 1 aromatic heterocycles. The second-order valence-electron chi connectivity index (χ2n) is 7.35. The summed E-state index contributed by atoms with van der Waals surface area (Å²) in [6.07, 6.45) is 6.21. The first-order valence-corrected chi connectivity index (χ1v) is 8.47. The number of nitrogens with one attached hydrogen (secondary N) is 1. The van der Waals surface area contributed by atoms with Crippen LogP contribution in [0.5, 0.6) is 0 Å². The van der Waals surface area contributed by atoms with Crippen LogP contribution in [0.4, 0.5) is 0 Å². The van der Waals surface area contributed by atoms with Crippen molar-refractivity contribution in [2.45, 2.75) is 79.2 Å². The monoisotopic (exact) mass is 289 g/mol. The summed E-state index contributed by atoms with van der Waals surface area (Å²) in [5.41, 5.74) is 4.10. The van der Waals surface area contributed by atoms with Crippen molar-refractivity contribution < 1.29 is 0 Å². The highest BCUT2D eigenvalue weighted by atomic mass is 14.9. The zero-order chi connectivity index (χ0) is 15.5. The minimum absolute atomic E-state index is 0.505. The van der Waals surface area contributed by atoms with Crippen molar-refractivity contribution >= 4 is 0 Å². The summed E-state index contributed by atoms with van der Waals surface area (Å²) in [7, 11) is 0. The van der Waals surface area contributed by atoms with Crippen LogP contribution in [0.3, 0.4) is 0 Å². The molecule has 0 bridgehead atoms. The van der Waals surface area contributed by atoms with E-state index in [0.29, 0.717) is 11.3 Å². The topological polar surface area (TPSA) is 37.8 Å². The Morgan fingerprint density at radius 3 is 2.19 bits per heavy atom. The zero-order valence-electron chi connectivity index (χ0n) is 14.4. The van der Waals surface area contributed by atoms with Crippen LogP contribution in [0.15, 0.2) is 0 Å². The van der Waals surface area contributed by atoms with Gasteiger partial charge in [0.05, 0.1) is 0 Å². The maximum absolute atomic E-state index is 4.83. The van der Waals surface area contributed by atoms with Crippen molar-refractivity contribution in [2.24, 2.45) is 5.41 Å². The quantitative estimate of drug-likeness (QED) is 0.822. The molecular formula is C18H31N3. The molecule has 1 fully saturated rings. The predicted molar refractivity (Wildman–Crippen MR) is 88.5 cm³/mol. The Kier molecular flexibility index (Phi) is 5.37. The first kappa shape index (κ1) is 16.4. The molecule has 0 saturated heterocycles. The first-order chi connectivity index (χ1) is 9.93. The van der Waals surface area contributed by atoms with Gasteiger partial charge in [-0.05, 0) is 57.9 Å². The Hall–Kier alpha value is -0.960. The van der Waals surface area contributed by atoms with Crippen LogP contribution in [-0.4, -0.2) is 16.5 Å². The minimum Gasteiger partial charge on any atom is -0.313 e. The van der Waals surface area contributed by atoms with Gasteiger partial charge in [0.1, 0.15) is 5.82 Å². The van der Waals surface area contributed by atoms with Gasteiger partial charge < -0.3 is 5.32 Å². The molecular weight excluding hydrogens is 258 g/mol. The second kappa shape index (κ2) is 6.87. The van der Waals surface area contributed by atoms with E-state index >= 15 is 0 Å². The summed E-state index contributed by atoms with van der Waals surface area (Å²) in [6.45, 7) is 13.2. The molecule has 1 aliphatic rings. The smallest absolute Gasteiger partial charge is 0.131 e. The average Bonchev–Trinajstić information content (AvgIpc) is 2.41. The van der Waals surface area contributed by atoms with Gasteiger partial charge in [-0.2, -0.15) is 0 Å². The van der Waals surface area contributed by atoms with Gasteiger partial charge in [-0.1, -0.05) is 20.8 Å². The van der Waals surface area contributed by atoms with Gasteiger partial charge in [-0.3, -0.25) is 0 Å². The molecule has 0 radical (unpaired) electrons. The number of hydrogen-bond donors (Lipinski definition) is 1. The first-order valence-electron chi connectivity index (χ1n) is 8.47. The summed E-state index contributed by atoms with van der Waals surface area (Å²) in [5, 5.41) is 3.46. The summed E-state index contributed by atoms with van der Waals surface area (Å²) in [4.78, 5) is 9.67. The molecule has 2 rings (SSSR count). The molecule has 1 saturated carbocycles. The van der Waals surface area contributed by atoms with Gasteiger partial charge in [-0.15, -0.1) is 0 Å². The van der Waals surface area contributed by atoms with Crippen molar-refractivity contribution in [1.82, 2.24) is 15.3 Å². The van der Waals surface area contributed by atoms with Crippen molar-refractivity contribution in [3.8, 4) is 0 Å². The van der Waals surface area contributed by atoms with Gasteiger partial charge in [0.25, 0.3) is 0 Å². The molecule has 0 aromatic carbocycles. The van der Waals surface area contributed by atoms with Crippen molar-refractivity contribution in [2.75, 3.05) is 6.54 Å². The SMILES string of the molecule is CCCNCc1c(C)nc(C2CCC(C)(C)CC2)nc1C. The van der Waals surface area contributed by atoms with E-state index in [0.717, 1.165) is 36.7 Å². The Morgan fingerprint density at radius 2 is 1.67 bits per heavy atom. The molecule has 0 aliphatic heterocycles. The molecule has 0 amide bonds. The third kappa shape index (κ3) is 4.26. The number of rotatable bonds is 5. The van der Waals surface area contributed by atoms with Gasteiger partial charge >= 0.3 is 0 Å². The molecule has 1 aromatic rings. The molecule has 3 heteroatoms. The molecule has 21 heavy (non-hydrogen) atoms. The van der Waals surface area contributed by atoms with Crippen LogP contribution < -0.4 is 5.32 Å². The Bertz CT molecular complexity index is 446. The summed E-state index contributed by atoms with van der Waals surface area (Å²) in [5.74, 6) is 1.65. The minimum atomic E-state index is 0.505. The largest absolute Gasteiger partial charge is 0.313 e. The summed E-state index contributed by atoms with van der Waals surface area (Å²) >= 11 is 0. The molecule has 0 unspecified atom stereocenters. The van der Waals surface area contributed by atoms with E-state index in [1.54, 1.807) is 0 Å². The van der Waals surface area contributed by atoms with E-state index in [-0.39, 0.29) is 0 Å². The molecule has 1 aliphatic carbocycles. The molecule has 0 atom stereocenters. The lowest BCUT2D eigenvalue weighted by Gasteiger charge is -2.33. The Morgan fingerprint density at radius 1 is 1.10 bits per heavy atom. The van der Waals surface area contributed by atoms with E-state index in [1.807, 2.05) is 0 Å². The van der Waals surface area contributed by atoms with E-state index < -0.39 is 0 Å². The lowest BCUT2D eigenvalue weighted by Crippen LogP contribution is -2.23. The summed E-state index contributed by atoms with van der Waals surface area (Å²) < 4.78 is 0. The van der Waals surface area contributed by atoms with Crippen molar-refractivity contribution in [3.63, 3.8) is 0 Å². The lowest BCUT2D eigenvalue weighted by molar-refractivity contribution is 0.220. The predicted octanol–water partition coefficient (Wildman–Crippen LogP) is 4.28. The fourth-order valence-electron chi connectivity index (χ4n) is 3.25. The van der Waals surface area contributed by atoms with Gasteiger partial charge in [-0.25, -0.2) is 9.97 Å². The number of aromatic nitrogens is 2. The number of nitrogens with zero attached hydrogens (tertiary/aromatic N) is 2. The second-order valence-corrected chi connectivity index (χ2v) is 7.35. The molecule has 3 nitrogen and oxygen atoms in total. The lowest BCUT2D eigenvalue weighted by atomic mass is 9.73. The Balaban J connectivity index is 2.09. The molecule has 118 valence electrons. The molecule has 1 heterocycles. The fourth-order valence-corrected chi connectivity index (χ4v) is 3.25. The highest BCUT2D eigenvalue weighted by Gasteiger charge is 2.29. The normalized spacial score (nSPS) is 18.9. The summed E-state index contributed by atoms with van der Waals surface area (Å²) in [6, 6.07) is 0. The van der Waals surface area contributed by atoms with Crippen LogP contribution in [0.25, 0.3) is 0 Å². The molecule has 0 spiro atoms. The maximum atomic E-state index is 4.83. The molecule has 1 N–H and O–H groups in total. The van der Waals surface area contributed by atoms with Crippen LogP contribution in [0, 0.1) is 19.3 Å². The van der Waals surface area contributed by atoms with Crippen molar-refractivity contribution in [3.05, 3.63) is 22.8 Å². The van der Waals surface area contributed by atoms with Crippen molar-refractivity contribution in [1.29, 1.82) is 0 Å². The van der Waals surface area contributed by atoms with E-state index in [2.05, 4.69) is 39.9 Å². The van der Waals surface area contributed by atoms with E-state index in [1.165, 1.54) is 31.2 Å². The average molecular weight is 289 g/mol. The zero-order valence-corrected chi connectivity index (χ0v) is 14.4. The third-order valence-corrected chi connectivity index (χ3v) is 4.87. The highest BCUT2D eigenvalue weighted by Crippen LogP contribution is 2.41. The van der Waals surface area contributed by atoms with Gasteiger partial charge in [0, 0.05) is 29.4 Å². The van der Waals surface area contributed by atoms with Crippen LogP contribution in [-0.2, 0) is 6.54 Å².